The molecular weight excluding hydrogens is 272 g/mol. The van der Waals surface area contributed by atoms with Gasteiger partial charge in [0.1, 0.15) is 0 Å². The number of nitrogens with one attached hydrogen (secondary N) is 1. The van der Waals surface area contributed by atoms with Gasteiger partial charge in [0, 0.05) is 31.2 Å². The van der Waals surface area contributed by atoms with E-state index < -0.39 is 0 Å². The normalized spacial score (nSPS) is 27.4. The van der Waals surface area contributed by atoms with E-state index in [0.717, 1.165) is 32.2 Å². The molecule has 3 unspecified atom stereocenters. The van der Waals surface area contributed by atoms with Crippen molar-refractivity contribution < 1.29 is 4.74 Å². The molecule has 0 bridgehead atoms. The fourth-order valence-electron chi connectivity index (χ4n) is 3.37. The molecule has 2 fully saturated rings. The quantitative estimate of drug-likeness (QED) is 0.820. The zero-order valence-electron chi connectivity index (χ0n) is 13.7. The van der Waals surface area contributed by atoms with Gasteiger partial charge in [-0.05, 0) is 17.9 Å². The highest BCUT2D eigenvalue weighted by Crippen LogP contribution is 2.27. The van der Waals surface area contributed by atoms with Crippen LogP contribution in [0.1, 0.15) is 25.8 Å². The Morgan fingerprint density at radius 2 is 1.95 bits per heavy atom. The molecule has 1 aromatic carbocycles. The molecule has 0 spiro atoms. The summed E-state index contributed by atoms with van der Waals surface area (Å²) in [5.41, 5.74) is 1.28. The third-order valence-electron chi connectivity index (χ3n) is 4.58. The minimum absolute atomic E-state index is 0.479. The number of ether oxygens (including phenoxy) is 1. The van der Waals surface area contributed by atoms with E-state index in [1.165, 1.54) is 12.0 Å². The van der Waals surface area contributed by atoms with E-state index in [4.69, 9.17) is 4.74 Å². The van der Waals surface area contributed by atoms with E-state index in [0.29, 0.717) is 18.1 Å². The van der Waals surface area contributed by atoms with E-state index >= 15 is 0 Å². The lowest BCUT2D eigenvalue weighted by Crippen LogP contribution is -2.46. The molecule has 0 aliphatic carbocycles. The van der Waals surface area contributed by atoms with Crippen molar-refractivity contribution in [1.29, 1.82) is 0 Å². The Hall–Kier alpha value is -1.16. The highest BCUT2D eigenvalue weighted by Gasteiger charge is 2.43. The van der Waals surface area contributed by atoms with E-state index in [1.54, 1.807) is 0 Å². The number of hydrogen-bond donors (Lipinski definition) is 1. The minimum atomic E-state index is 0.479. The second-order valence-corrected chi connectivity index (χ2v) is 6.84. The molecule has 2 heterocycles. The van der Waals surface area contributed by atoms with Gasteiger partial charge in [-0.15, -0.1) is 0 Å². The van der Waals surface area contributed by atoms with Gasteiger partial charge in [-0.3, -0.25) is 4.90 Å². The Kier molecular flexibility index (Phi) is 5.29. The van der Waals surface area contributed by atoms with Crippen molar-refractivity contribution >= 4 is 6.08 Å². The van der Waals surface area contributed by atoms with E-state index in [-0.39, 0.29) is 0 Å². The summed E-state index contributed by atoms with van der Waals surface area (Å²) in [7, 11) is 0. The summed E-state index contributed by atoms with van der Waals surface area (Å²) in [5.74, 6) is 0.756. The molecule has 1 aromatic rings. The molecule has 3 heteroatoms. The van der Waals surface area contributed by atoms with E-state index in [9.17, 15) is 0 Å². The molecule has 0 radical (unpaired) electrons. The van der Waals surface area contributed by atoms with Crippen LogP contribution in [-0.2, 0) is 4.74 Å². The fourth-order valence-corrected chi connectivity index (χ4v) is 3.37. The number of benzene rings is 1. The molecule has 0 amide bonds. The van der Waals surface area contributed by atoms with Crippen molar-refractivity contribution in [3.05, 3.63) is 42.0 Å². The van der Waals surface area contributed by atoms with Gasteiger partial charge in [-0.1, -0.05) is 56.3 Å². The van der Waals surface area contributed by atoms with E-state index in [1.807, 2.05) is 0 Å². The van der Waals surface area contributed by atoms with Crippen LogP contribution in [0.3, 0.4) is 0 Å². The maximum absolute atomic E-state index is 5.52. The van der Waals surface area contributed by atoms with Crippen LogP contribution in [0.5, 0.6) is 0 Å². The predicted octanol–water partition coefficient (Wildman–Crippen LogP) is 2.79. The van der Waals surface area contributed by atoms with Crippen LogP contribution in [0.4, 0.5) is 0 Å². The lowest BCUT2D eigenvalue weighted by Gasteiger charge is -2.32. The highest BCUT2D eigenvalue weighted by atomic mass is 16.5. The summed E-state index contributed by atoms with van der Waals surface area (Å²) < 4.78 is 5.52. The average Bonchev–Trinajstić information content (AvgIpc) is 3.28. The Morgan fingerprint density at radius 3 is 2.64 bits per heavy atom. The summed E-state index contributed by atoms with van der Waals surface area (Å²) in [4.78, 5) is 2.57. The SMILES string of the molecule is CC(C)CC1NC1C(/C=C/c1ccccc1)N1CCOCC1. The molecule has 2 aliphatic heterocycles. The summed E-state index contributed by atoms with van der Waals surface area (Å²) in [6.07, 6.45) is 5.93. The topological polar surface area (TPSA) is 34.4 Å². The molecule has 0 aromatic heterocycles. The highest BCUT2D eigenvalue weighted by molar-refractivity contribution is 5.50. The lowest BCUT2D eigenvalue weighted by atomic mass is 10.0. The van der Waals surface area contributed by atoms with Crippen molar-refractivity contribution in [3.8, 4) is 0 Å². The van der Waals surface area contributed by atoms with Gasteiger partial charge in [0.2, 0.25) is 0 Å². The molecule has 2 aliphatic rings. The summed E-state index contributed by atoms with van der Waals surface area (Å²) in [6, 6.07) is 12.3. The molecule has 22 heavy (non-hydrogen) atoms. The first kappa shape index (κ1) is 15.7. The van der Waals surface area contributed by atoms with Crippen LogP contribution in [0, 0.1) is 5.92 Å². The van der Waals surface area contributed by atoms with Gasteiger partial charge in [0.05, 0.1) is 13.2 Å². The number of nitrogens with zero attached hydrogens (tertiary/aromatic N) is 1. The molecule has 1 N–H and O–H groups in total. The van der Waals surface area contributed by atoms with Crippen LogP contribution in [0.25, 0.3) is 6.08 Å². The van der Waals surface area contributed by atoms with Crippen LogP contribution in [-0.4, -0.2) is 49.3 Å². The Morgan fingerprint density at radius 1 is 1.23 bits per heavy atom. The van der Waals surface area contributed by atoms with Crippen LogP contribution >= 0.6 is 0 Å². The second-order valence-electron chi connectivity index (χ2n) is 6.84. The third-order valence-corrected chi connectivity index (χ3v) is 4.58. The van der Waals surface area contributed by atoms with Crippen molar-refractivity contribution in [2.75, 3.05) is 26.3 Å². The Labute approximate surface area is 134 Å². The first-order valence-electron chi connectivity index (χ1n) is 8.55. The van der Waals surface area contributed by atoms with Gasteiger partial charge < -0.3 is 10.1 Å². The maximum atomic E-state index is 5.52. The molecule has 3 atom stereocenters. The Bertz CT molecular complexity index is 479. The molecule has 3 rings (SSSR count). The second kappa shape index (κ2) is 7.40. The van der Waals surface area contributed by atoms with Gasteiger partial charge in [-0.25, -0.2) is 0 Å². The molecule has 0 saturated carbocycles. The minimum Gasteiger partial charge on any atom is -0.379 e. The number of rotatable bonds is 6. The summed E-state index contributed by atoms with van der Waals surface area (Å²) in [5, 5.41) is 3.70. The first-order chi connectivity index (χ1) is 10.7. The van der Waals surface area contributed by atoms with Gasteiger partial charge in [0.15, 0.2) is 0 Å². The number of hydrogen-bond acceptors (Lipinski definition) is 3. The van der Waals surface area contributed by atoms with Crippen LogP contribution in [0.2, 0.25) is 0 Å². The summed E-state index contributed by atoms with van der Waals surface area (Å²) in [6.45, 7) is 8.41. The zero-order chi connectivity index (χ0) is 15.4. The smallest absolute Gasteiger partial charge is 0.0594 e. The summed E-state index contributed by atoms with van der Waals surface area (Å²) >= 11 is 0. The monoisotopic (exact) mass is 300 g/mol. The van der Waals surface area contributed by atoms with Gasteiger partial charge in [-0.2, -0.15) is 0 Å². The Balaban J connectivity index is 1.68. The molecule has 3 nitrogen and oxygen atoms in total. The van der Waals surface area contributed by atoms with E-state index in [2.05, 4.69) is 66.5 Å². The largest absolute Gasteiger partial charge is 0.379 e. The van der Waals surface area contributed by atoms with Crippen molar-refractivity contribution in [2.24, 2.45) is 5.92 Å². The lowest BCUT2D eigenvalue weighted by molar-refractivity contribution is 0.0251. The van der Waals surface area contributed by atoms with Crippen molar-refractivity contribution in [2.45, 2.75) is 38.4 Å². The van der Waals surface area contributed by atoms with Gasteiger partial charge >= 0.3 is 0 Å². The van der Waals surface area contributed by atoms with Crippen LogP contribution < -0.4 is 5.32 Å². The number of morpholine rings is 1. The van der Waals surface area contributed by atoms with Crippen molar-refractivity contribution in [1.82, 2.24) is 10.2 Å². The van der Waals surface area contributed by atoms with Crippen LogP contribution in [0.15, 0.2) is 36.4 Å². The first-order valence-corrected chi connectivity index (χ1v) is 8.55. The van der Waals surface area contributed by atoms with Crippen molar-refractivity contribution in [3.63, 3.8) is 0 Å². The molecular formula is C19H28N2O. The maximum Gasteiger partial charge on any atom is 0.0594 e. The molecule has 120 valence electrons. The average molecular weight is 300 g/mol. The zero-order valence-corrected chi connectivity index (χ0v) is 13.7. The third kappa shape index (κ3) is 4.19. The standard InChI is InChI=1S/C19H28N2O/c1-15(2)14-17-19(20-17)18(21-10-12-22-13-11-21)9-8-16-6-4-3-5-7-16/h3-9,15,17-20H,10-14H2,1-2H3/b9-8+. The predicted molar refractivity (Wildman–Crippen MR) is 91.8 cm³/mol. The fraction of sp³-hybridized carbons (Fsp3) is 0.579. The molecule has 2 saturated heterocycles. The van der Waals surface area contributed by atoms with Gasteiger partial charge in [0.25, 0.3) is 0 Å².